The lowest BCUT2D eigenvalue weighted by Gasteiger charge is -2.27. The fraction of sp³-hybridized carbons (Fsp3) is 0.429. The second kappa shape index (κ2) is 7.41. The number of furan rings is 1. The number of aliphatic hydroxyl groups excluding tert-OH is 2. The Labute approximate surface area is 162 Å². The number of methoxy groups -OCH3 is 1. The molecule has 0 saturated heterocycles. The zero-order chi connectivity index (χ0) is 20.7. The van der Waals surface area contributed by atoms with Gasteiger partial charge >= 0.3 is 11.9 Å². The Kier molecular flexibility index (Phi) is 5.32. The van der Waals surface area contributed by atoms with Crippen LogP contribution in [0.2, 0.25) is 0 Å². The first-order valence-electron chi connectivity index (χ1n) is 8.96. The second-order valence-corrected chi connectivity index (χ2v) is 7.39. The molecule has 1 aromatic rings. The average Bonchev–Trinajstić information content (AvgIpc) is 3.20. The van der Waals surface area contributed by atoms with E-state index >= 15 is 0 Å². The highest BCUT2D eigenvalue weighted by molar-refractivity contribution is 5.93. The largest absolute Gasteiger partial charge is 0.465 e. The first-order chi connectivity index (χ1) is 13.1. The smallest absolute Gasteiger partial charge is 0.341 e. The summed E-state index contributed by atoms with van der Waals surface area (Å²) in [5.41, 5.74) is 1.43. The second-order valence-electron chi connectivity index (χ2n) is 7.39. The van der Waals surface area contributed by atoms with Crippen molar-refractivity contribution in [1.82, 2.24) is 0 Å². The third-order valence-electron chi connectivity index (χ3n) is 5.31. The van der Waals surface area contributed by atoms with Crippen LogP contribution in [0.1, 0.15) is 41.6 Å². The molecular weight excluding hydrogens is 364 g/mol. The van der Waals surface area contributed by atoms with Crippen molar-refractivity contribution in [1.29, 1.82) is 0 Å². The predicted octanol–water partition coefficient (Wildman–Crippen LogP) is 2.05. The standard InChI is InChI=1S/C21H24O7/c1-9(2)11-6-14-12(20(24)26-5)7-15(27-14)17(10(3)4)16-8-13(21(25)28-16)19(23)18(11)22/h7-8,11,16-19,22-23H,1,3,6H2,2,4-5H3/t11-,16-,17?,18-,19+/m1/s1. The van der Waals surface area contributed by atoms with E-state index in [9.17, 15) is 19.8 Å². The lowest BCUT2D eigenvalue weighted by Crippen LogP contribution is -2.38. The van der Waals surface area contributed by atoms with Crippen LogP contribution in [0.3, 0.4) is 0 Å². The maximum atomic E-state index is 12.3. The molecule has 0 saturated carbocycles. The molecule has 0 aliphatic carbocycles. The average molecular weight is 388 g/mol. The minimum Gasteiger partial charge on any atom is -0.465 e. The Morgan fingerprint density at radius 2 is 1.93 bits per heavy atom. The molecule has 3 rings (SSSR count). The summed E-state index contributed by atoms with van der Waals surface area (Å²) in [6.45, 7) is 11.3. The Morgan fingerprint density at radius 1 is 1.25 bits per heavy atom. The fourth-order valence-electron chi connectivity index (χ4n) is 3.77. The van der Waals surface area contributed by atoms with Crippen molar-refractivity contribution < 1.29 is 33.7 Å². The minimum atomic E-state index is -1.46. The van der Waals surface area contributed by atoms with Crippen LogP contribution >= 0.6 is 0 Å². The highest BCUT2D eigenvalue weighted by Gasteiger charge is 2.43. The fourth-order valence-corrected chi connectivity index (χ4v) is 3.77. The molecule has 0 fully saturated rings. The summed E-state index contributed by atoms with van der Waals surface area (Å²) in [4.78, 5) is 24.6. The maximum absolute atomic E-state index is 12.3. The van der Waals surface area contributed by atoms with Crippen LogP contribution in [0.5, 0.6) is 0 Å². The van der Waals surface area contributed by atoms with Gasteiger partial charge in [-0.25, -0.2) is 9.59 Å². The number of rotatable bonds is 3. The molecule has 0 amide bonds. The number of aliphatic hydroxyl groups is 2. The molecule has 2 aliphatic heterocycles. The molecule has 0 aromatic carbocycles. The van der Waals surface area contributed by atoms with Gasteiger partial charge in [0.2, 0.25) is 0 Å². The van der Waals surface area contributed by atoms with E-state index in [1.807, 2.05) is 0 Å². The lowest BCUT2D eigenvalue weighted by molar-refractivity contribution is -0.142. The van der Waals surface area contributed by atoms with Gasteiger partial charge in [-0.2, -0.15) is 0 Å². The van der Waals surface area contributed by atoms with Gasteiger partial charge in [0.05, 0.1) is 24.7 Å². The third kappa shape index (κ3) is 3.31. The Hall–Kier alpha value is -2.64. The van der Waals surface area contributed by atoms with E-state index in [0.29, 0.717) is 22.7 Å². The van der Waals surface area contributed by atoms with E-state index in [4.69, 9.17) is 13.9 Å². The van der Waals surface area contributed by atoms with Crippen LogP contribution < -0.4 is 0 Å². The molecule has 3 heterocycles. The van der Waals surface area contributed by atoms with Crippen molar-refractivity contribution in [2.24, 2.45) is 5.92 Å². The van der Waals surface area contributed by atoms with E-state index in [0.717, 1.165) is 0 Å². The molecule has 7 heteroatoms. The number of hydrogen-bond donors (Lipinski definition) is 2. The van der Waals surface area contributed by atoms with Gasteiger partial charge in [0.15, 0.2) is 0 Å². The molecule has 7 nitrogen and oxygen atoms in total. The zero-order valence-corrected chi connectivity index (χ0v) is 16.1. The summed E-state index contributed by atoms with van der Waals surface area (Å²) in [6.07, 6.45) is -1.98. The zero-order valence-electron chi connectivity index (χ0n) is 16.1. The molecule has 150 valence electrons. The third-order valence-corrected chi connectivity index (χ3v) is 5.31. The highest BCUT2D eigenvalue weighted by atomic mass is 16.6. The van der Waals surface area contributed by atoms with Gasteiger partial charge in [0, 0.05) is 12.3 Å². The summed E-state index contributed by atoms with van der Waals surface area (Å²) in [6, 6.07) is 1.56. The molecule has 5 atom stereocenters. The number of esters is 2. The number of ether oxygens (including phenoxy) is 2. The number of fused-ring (bicyclic) bond motifs is 3. The van der Waals surface area contributed by atoms with Crippen LogP contribution in [-0.2, 0) is 20.7 Å². The van der Waals surface area contributed by atoms with E-state index < -0.39 is 42.1 Å². The van der Waals surface area contributed by atoms with E-state index in [-0.39, 0.29) is 17.6 Å². The van der Waals surface area contributed by atoms with Crippen LogP contribution in [0.4, 0.5) is 0 Å². The SMILES string of the molecule is C=C(C)C1c2cc(C(=O)OC)c(o2)C[C@H](C(=C)C)[C@@H](O)[C@@H](O)C2=C[C@H]1OC2=O. The lowest BCUT2D eigenvalue weighted by atomic mass is 9.84. The maximum Gasteiger partial charge on any atom is 0.341 e. The summed E-state index contributed by atoms with van der Waals surface area (Å²) in [5, 5.41) is 21.4. The number of carbonyl (C=O) groups is 2. The normalized spacial score (nSPS) is 29.4. The Morgan fingerprint density at radius 3 is 2.50 bits per heavy atom. The van der Waals surface area contributed by atoms with Crippen LogP contribution in [0.25, 0.3) is 0 Å². The Bertz CT molecular complexity index is 875. The summed E-state index contributed by atoms with van der Waals surface area (Å²) in [5.74, 6) is -1.80. The van der Waals surface area contributed by atoms with Gasteiger partial charge < -0.3 is 24.1 Å². The molecule has 28 heavy (non-hydrogen) atoms. The van der Waals surface area contributed by atoms with Crippen LogP contribution in [0.15, 0.2) is 46.4 Å². The van der Waals surface area contributed by atoms with Gasteiger partial charge in [-0.05, 0) is 26.0 Å². The van der Waals surface area contributed by atoms with Gasteiger partial charge in [-0.3, -0.25) is 0 Å². The van der Waals surface area contributed by atoms with Gasteiger partial charge in [-0.15, -0.1) is 0 Å². The molecule has 0 radical (unpaired) electrons. The molecular formula is C21H24O7. The first kappa shape index (κ1) is 20.1. The number of hydrogen-bond acceptors (Lipinski definition) is 7. The van der Waals surface area contributed by atoms with Crippen molar-refractivity contribution >= 4 is 11.9 Å². The molecule has 1 unspecified atom stereocenters. The van der Waals surface area contributed by atoms with E-state index in [2.05, 4.69) is 13.2 Å². The van der Waals surface area contributed by atoms with Crippen molar-refractivity contribution in [2.75, 3.05) is 7.11 Å². The summed E-state index contributed by atoms with van der Waals surface area (Å²) in [7, 11) is 1.26. The van der Waals surface area contributed by atoms with Crippen molar-refractivity contribution in [3.05, 3.63) is 59.1 Å². The van der Waals surface area contributed by atoms with Crippen LogP contribution in [0, 0.1) is 5.92 Å². The molecule has 0 spiro atoms. The molecule has 4 bridgehead atoms. The monoisotopic (exact) mass is 388 g/mol. The van der Waals surface area contributed by atoms with Crippen molar-refractivity contribution in [2.45, 2.75) is 44.5 Å². The van der Waals surface area contributed by atoms with E-state index in [1.165, 1.54) is 13.2 Å². The molecule has 2 N–H and O–H groups in total. The van der Waals surface area contributed by atoms with Gasteiger partial charge in [0.25, 0.3) is 0 Å². The quantitative estimate of drug-likeness (QED) is 0.603. The van der Waals surface area contributed by atoms with Crippen molar-refractivity contribution in [3.8, 4) is 0 Å². The summed E-state index contributed by atoms with van der Waals surface area (Å²) >= 11 is 0. The molecule has 1 aromatic heterocycles. The van der Waals surface area contributed by atoms with Crippen molar-refractivity contribution in [3.63, 3.8) is 0 Å². The Balaban J connectivity index is 2.22. The highest BCUT2D eigenvalue weighted by Crippen LogP contribution is 2.39. The van der Waals surface area contributed by atoms with Gasteiger partial charge in [-0.1, -0.05) is 24.3 Å². The van der Waals surface area contributed by atoms with Crippen LogP contribution in [-0.4, -0.2) is 47.6 Å². The van der Waals surface area contributed by atoms with E-state index in [1.54, 1.807) is 19.9 Å². The molecule has 2 aliphatic rings. The topological polar surface area (TPSA) is 106 Å². The van der Waals surface area contributed by atoms with Gasteiger partial charge in [0.1, 0.15) is 29.3 Å². The predicted molar refractivity (Wildman–Crippen MR) is 99.6 cm³/mol. The summed E-state index contributed by atoms with van der Waals surface area (Å²) < 4.78 is 16.2. The number of carbonyl (C=O) groups excluding carboxylic acids is 2. The minimum absolute atomic E-state index is 0.00413. The first-order valence-corrected chi connectivity index (χ1v) is 8.96.